The van der Waals surface area contributed by atoms with Gasteiger partial charge in [-0.05, 0) is 44.9 Å². The Bertz CT molecular complexity index is 642. The van der Waals surface area contributed by atoms with Crippen molar-refractivity contribution in [2.45, 2.75) is 44.3 Å². The van der Waals surface area contributed by atoms with E-state index in [1.165, 1.54) is 0 Å². The number of nitrogens with one attached hydrogen (secondary N) is 2. The first-order chi connectivity index (χ1) is 11.5. The van der Waals surface area contributed by atoms with E-state index in [4.69, 9.17) is 23.2 Å². The van der Waals surface area contributed by atoms with Crippen molar-refractivity contribution in [1.82, 2.24) is 15.5 Å². The van der Waals surface area contributed by atoms with Gasteiger partial charge in [0.15, 0.2) is 0 Å². The lowest BCUT2D eigenvalue weighted by molar-refractivity contribution is -0.135. The van der Waals surface area contributed by atoms with Gasteiger partial charge in [0.05, 0.1) is 15.6 Å². The van der Waals surface area contributed by atoms with Crippen LogP contribution < -0.4 is 10.6 Å². The average molecular weight is 407 g/mol. The zero-order chi connectivity index (χ0) is 17.3. The van der Waals surface area contributed by atoms with Crippen molar-refractivity contribution in [3.63, 3.8) is 0 Å². The first-order valence-corrected chi connectivity index (χ1v) is 9.02. The molecule has 0 aromatic heterocycles. The molecule has 8 heteroatoms. The summed E-state index contributed by atoms with van der Waals surface area (Å²) in [5, 5.41) is 6.65. The van der Waals surface area contributed by atoms with E-state index in [1.807, 2.05) is 4.90 Å². The Hall–Kier alpha value is -1.01. The van der Waals surface area contributed by atoms with Gasteiger partial charge in [0.2, 0.25) is 5.91 Å². The van der Waals surface area contributed by atoms with Crippen LogP contribution in [0.4, 0.5) is 0 Å². The molecule has 2 fully saturated rings. The molecule has 2 heterocycles. The van der Waals surface area contributed by atoms with Gasteiger partial charge in [0, 0.05) is 18.6 Å². The van der Waals surface area contributed by atoms with Crippen molar-refractivity contribution < 1.29 is 9.59 Å². The molecule has 0 radical (unpaired) electrons. The minimum atomic E-state index is -0.603. The SMILES string of the molecule is CC(NC(=O)c1cccc(Cl)c1Cl)C(=O)N1C2CCNCC1CC2.Cl. The van der Waals surface area contributed by atoms with Crippen LogP contribution in [0.3, 0.4) is 0 Å². The highest BCUT2D eigenvalue weighted by Gasteiger charge is 2.39. The number of fused-ring (bicyclic) bond motifs is 2. The molecule has 3 atom stereocenters. The number of carbonyl (C=O) groups is 2. The second-order valence-corrected chi connectivity index (χ2v) is 7.20. The minimum absolute atomic E-state index is 0. The predicted molar refractivity (Wildman–Crippen MR) is 102 cm³/mol. The molecule has 2 N–H and O–H groups in total. The second kappa shape index (κ2) is 8.58. The monoisotopic (exact) mass is 405 g/mol. The molecule has 138 valence electrons. The summed E-state index contributed by atoms with van der Waals surface area (Å²) >= 11 is 12.0. The van der Waals surface area contributed by atoms with Gasteiger partial charge < -0.3 is 15.5 Å². The molecular formula is C17H22Cl3N3O2. The van der Waals surface area contributed by atoms with Gasteiger partial charge in [-0.15, -0.1) is 12.4 Å². The van der Waals surface area contributed by atoms with Crippen LogP contribution in [0.2, 0.25) is 10.0 Å². The Kier molecular flexibility index (Phi) is 6.97. The van der Waals surface area contributed by atoms with Gasteiger partial charge >= 0.3 is 0 Å². The third-order valence-electron chi connectivity index (χ3n) is 4.82. The molecule has 2 aliphatic heterocycles. The Balaban J connectivity index is 0.00000225. The van der Waals surface area contributed by atoms with Crippen LogP contribution in [0.15, 0.2) is 18.2 Å². The molecular weight excluding hydrogens is 385 g/mol. The summed E-state index contributed by atoms with van der Waals surface area (Å²) in [6.45, 7) is 3.48. The van der Waals surface area contributed by atoms with Crippen LogP contribution in [-0.4, -0.2) is 47.9 Å². The number of amides is 2. The minimum Gasteiger partial charge on any atom is -0.340 e. The molecule has 0 saturated carbocycles. The molecule has 2 aliphatic rings. The smallest absolute Gasteiger partial charge is 0.253 e. The number of benzene rings is 1. The van der Waals surface area contributed by atoms with E-state index < -0.39 is 6.04 Å². The van der Waals surface area contributed by atoms with Gasteiger partial charge in [-0.2, -0.15) is 0 Å². The number of carbonyl (C=O) groups excluding carboxylic acids is 2. The van der Waals surface area contributed by atoms with E-state index in [1.54, 1.807) is 25.1 Å². The van der Waals surface area contributed by atoms with Crippen LogP contribution in [0.25, 0.3) is 0 Å². The van der Waals surface area contributed by atoms with Crippen LogP contribution >= 0.6 is 35.6 Å². The van der Waals surface area contributed by atoms with Gasteiger partial charge in [-0.3, -0.25) is 9.59 Å². The highest BCUT2D eigenvalue weighted by Crippen LogP contribution is 2.29. The number of hydrogen-bond donors (Lipinski definition) is 2. The summed E-state index contributed by atoms with van der Waals surface area (Å²) in [7, 11) is 0. The molecule has 0 spiro atoms. The number of rotatable bonds is 3. The van der Waals surface area contributed by atoms with E-state index in [-0.39, 0.29) is 46.9 Å². The van der Waals surface area contributed by atoms with Crippen molar-refractivity contribution in [1.29, 1.82) is 0 Å². The molecule has 2 bridgehead atoms. The number of nitrogens with zero attached hydrogens (tertiary/aromatic N) is 1. The van der Waals surface area contributed by atoms with E-state index in [2.05, 4.69) is 10.6 Å². The van der Waals surface area contributed by atoms with Crippen LogP contribution in [-0.2, 0) is 4.79 Å². The zero-order valence-corrected chi connectivity index (χ0v) is 16.3. The highest BCUT2D eigenvalue weighted by molar-refractivity contribution is 6.43. The lowest BCUT2D eigenvalue weighted by atomic mass is 10.1. The molecule has 3 unspecified atom stereocenters. The summed E-state index contributed by atoms with van der Waals surface area (Å²) in [5.74, 6) is -0.415. The topological polar surface area (TPSA) is 61.4 Å². The van der Waals surface area contributed by atoms with Gasteiger partial charge in [-0.25, -0.2) is 0 Å². The molecule has 3 rings (SSSR count). The molecule has 1 aromatic carbocycles. The lowest BCUT2D eigenvalue weighted by Gasteiger charge is -2.30. The van der Waals surface area contributed by atoms with Crippen molar-refractivity contribution in [3.05, 3.63) is 33.8 Å². The standard InChI is InChI=1S/C17H21Cl2N3O2.ClH/c1-10(21-16(23)13-3-2-4-14(18)15(13)19)17(24)22-11-5-6-12(22)9-20-8-7-11;/h2-4,10-12,20H,5-9H2,1H3,(H,21,23);1H. The third-order valence-corrected chi connectivity index (χ3v) is 5.64. The number of halogens is 3. The number of hydrogen-bond acceptors (Lipinski definition) is 3. The van der Waals surface area contributed by atoms with Crippen molar-refractivity contribution in [2.24, 2.45) is 0 Å². The first kappa shape index (κ1) is 20.3. The maximum absolute atomic E-state index is 12.9. The second-order valence-electron chi connectivity index (χ2n) is 6.42. The maximum atomic E-state index is 12.9. The molecule has 2 amide bonds. The Labute approximate surface area is 163 Å². The van der Waals surface area contributed by atoms with E-state index in [0.717, 1.165) is 32.4 Å². The fraction of sp³-hybridized carbons (Fsp3) is 0.529. The average Bonchev–Trinajstić information content (AvgIpc) is 2.82. The summed E-state index contributed by atoms with van der Waals surface area (Å²) in [4.78, 5) is 27.2. The molecule has 1 aromatic rings. The van der Waals surface area contributed by atoms with E-state index in [0.29, 0.717) is 5.02 Å². The van der Waals surface area contributed by atoms with Crippen LogP contribution in [0.5, 0.6) is 0 Å². The Morgan fingerprint density at radius 3 is 2.72 bits per heavy atom. The largest absolute Gasteiger partial charge is 0.340 e. The predicted octanol–water partition coefficient (Wildman–Crippen LogP) is 2.89. The molecule has 25 heavy (non-hydrogen) atoms. The summed E-state index contributed by atoms with van der Waals surface area (Å²) in [6, 6.07) is 4.77. The van der Waals surface area contributed by atoms with Gasteiger partial charge in [-0.1, -0.05) is 29.3 Å². The summed E-state index contributed by atoms with van der Waals surface area (Å²) < 4.78 is 0. The van der Waals surface area contributed by atoms with Gasteiger partial charge in [0.1, 0.15) is 6.04 Å². The molecule has 2 saturated heterocycles. The van der Waals surface area contributed by atoms with Crippen molar-refractivity contribution in [3.8, 4) is 0 Å². The van der Waals surface area contributed by atoms with E-state index >= 15 is 0 Å². The maximum Gasteiger partial charge on any atom is 0.253 e. The highest BCUT2D eigenvalue weighted by atomic mass is 35.5. The molecule has 5 nitrogen and oxygen atoms in total. The summed E-state index contributed by atoms with van der Waals surface area (Å²) in [6.07, 6.45) is 3.02. The van der Waals surface area contributed by atoms with Crippen molar-refractivity contribution in [2.75, 3.05) is 13.1 Å². The third kappa shape index (κ3) is 4.22. The van der Waals surface area contributed by atoms with Crippen LogP contribution in [0, 0.1) is 0 Å². The van der Waals surface area contributed by atoms with E-state index in [9.17, 15) is 9.59 Å². The fourth-order valence-electron chi connectivity index (χ4n) is 3.58. The quantitative estimate of drug-likeness (QED) is 0.811. The zero-order valence-electron chi connectivity index (χ0n) is 13.9. The fourth-order valence-corrected chi connectivity index (χ4v) is 3.97. The van der Waals surface area contributed by atoms with Gasteiger partial charge in [0.25, 0.3) is 5.91 Å². The molecule has 0 aliphatic carbocycles. The first-order valence-electron chi connectivity index (χ1n) is 8.27. The lowest BCUT2D eigenvalue weighted by Crippen LogP contribution is -2.51. The Morgan fingerprint density at radius 2 is 1.96 bits per heavy atom. The normalized spacial score (nSPS) is 23.4. The Morgan fingerprint density at radius 1 is 1.24 bits per heavy atom. The summed E-state index contributed by atoms with van der Waals surface area (Å²) in [5.41, 5.74) is 0.282. The van der Waals surface area contributed by atoms with Crippen LogP contribution in [0.1, 0.15) is 36.5 Å². The van der Waals surface area contributed by atoms with Crippen molar-refractivity contribution >= 4 is 47.4 Å².